The molecule has 2 aromatic rings. The minimum absolute atomic E-state index is 0.599. The van der Waals surface area contributed by atoms with Gasteiger partial charge in [-0.2, -0.15) is 0 Å². The molecule has 0 radical (unpaired) electrons. The van der Waals surface area contributed by atoms with E-state index in [0.29, 0.717) is 5.96 Å². The topological polar surface area (TPSA) is 50.8 Å². The van der Waals surface area contributed by atoms with Crippen LogP contribution in [0.15, 0.2) is 47.5 Å². The third kappa shape index (κ3) is 3.06. The van der Waals surface area contributed by atoms with Crippen LogP contribution >= 0.6 is 0 Å². The Morgan fingerprint density at radius 2 is 2.00 bits per heavy atom. The van der Waals surface area contributed by atoms with Crippen molar-refractivity contribution in [3.8, 4) is 11.5 Å². The fourth-order valence-corrected chi connectivity index (χ4v) is 2.62. The van der Waals surface area contributed by atoms with E-state index >= 15 is 0 Å². The summed E-state index contributed by atoms with van der Waals surface area (Å²) < 4.78 is 5.95. The molecule has 4 heteroatoms. The molecule has 0 amide bonds. The molecule has 3 rings (SSSR count). The first kappa shape index (κ1) is 14.4. The van der Waals surface area contributed by atoms with Crippen LogP contribution in [0.5, 0.6) is 11.5 Å². The first-order chi connectivity index (χ1) is 10.7. The Morgan fingerprint density at radius 3 is 2.77 bits per heavy atom. The van der Waals surface area contributed by atoms with Crippen molar-refractivity contribution < 1.29 is 4.74 Å². The van der Waals surface area contributed by atoms with Gasteiger partial charge in [0.05, 0.1) is 5.69 Å². The van der Waals surface area contributed by atoms with E-state index in [1.807, 2.05) is 30.3 Å². The van der Waals surface area contributed by atoms with Gasteiger partial charge in [-0.05, 0) is 49.2 Å². The Morgan fingerprint density at radius 1 is 1.18 bits per heavy atom. The van der Waals surface area contributed by atoms with E-state index in [9.17, 15) is 0 Å². The predicted octanol–water partition coefficient (Wildman–Crippen LogP) is 3.96. The quantitative estimate of drug-likeness (QED) is 0.929. The summed E-state index contributed by atoms with van der Waals surface area (Å²) in [5.41, 5.74) is 9.26. The number of guanidine groups is 1. The van der Waals surface area contributed by atoms with Crippen LogP contribution in [0.4, 0.5) is 5.69 Å². The van der Waals surface area contributed by atoms with Crippen molar-refractivity contribution in [3.05, 3.63) is 53.6 Å². The second-order valence-electron chi connectivity index (χ2n) is 5.60. The van der Waals surface area contributed by atoms with Gasteiger partial charge in [-0.3, -0.25) is 0 Å². The van der Waals surface area contributed by atoms with Gasteiger partial charge in [0.25, 0.3) is 0 Å². The molecule has 0 bridgehead atoms. The molecular formula is C18H21N3O. The fraction of sp³-hybridized carbons (Fsp3) is 0.278. The number of hydrogen-bond acceptors (Lipinski definition) is 4. The zero-order valence-electron chi connectivity index (χ0n) is 13.0. The summed E-state index contributed by atoms with van der Waals surface area (Å²) in [7, 11) is 0. The molecule has 1 heterocycles. The van der Waals surface area contributed by atoms with Gasteiger partial charge >= 0.3 is 0 Å². The molecule has 0 aliphatic carbocycles. The highest BCUT2D eigenvalue weighted by Gasteiger charge is 2.17. The normalized spacial score (nSPS) is 13.5. The first-order valence-corrected chi connectivity index (χ1v) is 7.62. The average molecular weight is 295 g/mol. The number of hydrogen-bond donors (Lipinski definition) is 1. The van der Waals surface area contributed by atoms with Crippen LogP contribution in [0.3, 0.4) is 0 Å². The summed E-state index contributed by atoms with van der Waals surface area (Å²) in [6, 6.07) is 14.0. The monoisotopic (exact) mass is 295 g/mol. The lowest BCUT2D eigenvalue weighted by Crippen LogP contribution is -2.39. The fourth-order valence-electron chi connectivity index (χ4n) is 2.62. The minimum Gasteiger partial charge on any atom is -0.457 e. The zero-order chi connectivity index (χ0) is 15.5. The molecule has 2 aromatic carbocycles. The number of benzene rings is 2. The SMILES string of the molecule is CCCN1Cc2cc(Oc3cccc(C)c3)ccc2N=C1N. The molecule has 1 aliphatic heterocycles. The second kappa shape index (κ2) is 6.10. The summed E-state index contributed by atoms with van der Waals surface area (Å²) in [5.74, 6) is 2.28. The van der Waals surface area contributed by atoms with E-state index < -0.39 is 0 Å². The number of ether oxygens (including phenoxy) is 1. The van der Waals surface area contributed by atoms with Gasteiger partial charge in [0.2, 0.25) is 0 Å². The Hall–Kier alpha value is -2.49. The van der Waals surface area contributed by atoms with Crippen LogP contribution in [0.2, 0.25) is 0 Å². The predicted molar refractivity (Wildman–Crippen MR) is 89.7 cm³/mol. The molecule has 0 unspecified atom stereocenters. The molecule has 4 nitrogen and oxygen atoms in total. The highest BCUT2D eigenvalue weighted by molar-refractivity contribution is 5.83. The van der Waals surface area contributed by atoms with E-state index in [-0.39, 0.29) is 0 Å². The van der Waals surface area contributed by atoms with Gasteiger partial charge < -0.3 is 15.4 Å². The van der Waals surface area contributed by atoms with Gasteiger partial charge in [0, 0.05) is 18.7 Å². The summed E-state index contributed by atoms with van der Waals surface area (Å²) in [6.07, 6.45) is 1.05. The molecule has 1 aliphatic rings. The smallest absolute Gasteiger partial charge is 0.196 e. The van der Waals surface area contributed by atoms with Crippen LogP contribution in [-0.4, -0.2) is 17.4 Å². The van der Waals surface area contributed by atoms with Gasteiger partial charge in [-0.25, -0.2) is 4.99 Å². The lowest BCUT2D eigenvalue weighted by molar-refractivity contribution is 0.400. The van der Waals surface area contributed by atoms with E-state index in [1.165, 1.54) is 5.56 Å². The first-order valence-electron chi connectivity index (χ1n) is 7.62. The van der Waals surface area contributed by atoms with Gasteiger partial charge in [-0.15, -0.1) is 0 Å². The largest absolute Gasteiger partial charge is 0.457 e. The molecule has 0 atom stereocenters. The lowest BCUT2D eigenvalue weighted by atomic mass is 10.1. The summed E-state index contributed by atoms with van der Waals surface area (Å²) in [4.78, 5) is 6.57. The third-order valence-corrected chi connectivity index (χ3v) is 3.69. The van der Waals surface area contributed by atoms with Crippen LogP contribution < -0.4 is 10.5 Å². The molecule has 0 fully saturated rings. The van der Waals surface area contributed by atoms with Gasteiger partial charge in [0.15, 0.2) is 5.96 Å². The number of nitrogens with zero attached hydrogens (tertiary/aromatic N) is 2. The maximum absolute atomic E-state index is 6.00. The van der Waals surface area contributed by atoms with Crippen molar-refractivity contribution in [1.29, 1.82) is 0 Å². The van der Waals surface area contributed by atoms with Crippen molar-refractivity contribution in [2.75, 3.05) is 6.54 Å². The van der Waals surface area contributed by atoms with Gasteiger partial charge in [-0.1, -0.05) is 19.1 Å². The Bertz CT molecular complexity index is 709. The maximum Gasteiger partial charge on any atom is 0.196 e. The van der Waals surface area contributed by atoms with Crippen molar-refractivity contribution >= 4 is 11.6 Å². The van der Waals surface area contributed by atoms with Crippen LogP contribution in [0.1, 0.15) is 24.5 Å². The molecule has 0 spiro atoms. The molecule has 0 saturated heterocycles. The number of nitrogens with two attached hydrogens (primary N) is 1. The van der Waals surface area contributed by atoms with Crippen LogP contribution in [0, 0.1) is 6.92 Å². The number of aliphatic imine (C=N–C) groups is 1. The van der Waals surface area contributed by atoms with Crippen molar-refractivity contribution in [2.45, 2.75) is 26.8 Å². The van der Waals surface area contributed by atoms with Crippen LogP contribution in [-0.2, 0) is 6.54 Å². The third-order valence-electron chi connectivity index (χ3n) is 3.69. The lowest BCUT2D eigenvalue weighted by Gasteiger charge is -2.28. The Balaban J connectivity index is 1.84. The molecule has 114 valence electrons. The molecular weight excluding hydrogens is 274 g/mol. The molecule has 0 aromatic heterocycles. The van der Waals surface area contributed by atoms with E-state index in [0.717, 1.165) is 42.3 Å². The molecule has 0 saturated carbocycles. The van der Waals surface area contributed by atoms with E-state index in [1.54, 1.807) is 0 Å². The Kier molecular flexibility index (Phi) is 4.00. The molecule has 22 heavy (non-hydrogen) atoms. The number of aryl methyl sites for hydroxylation is 1. The maximum atomic E-state index is 6.00. The minimum atomic E-state index is 0.599. The summed E-state index contributed by atoms with van der Waals surface area (Å²) >= 11 is 0. The second-order valence-corrected chi connectivity index (χ2v) is 5.60. The average Bonchev–Trinajstić information content (AvgIpc) is 2.49. The van der Waals surface area contributed by atoms with E-state index in [2.05, 4.69) is 35.9 Å². The molecule has 2 N–H and O–H groups in total. The van der Waals surface area contributed by atoms with Gasteiger partial charge in [0.1, 0.15) is 11.5 Å². The highest BCUT2D eigenvalue weighted by Crippen LogP contribution is 2.31. The number of fused-ring (bicyclic) bond motifs is 1. The van der Waals surface area contributed by atoms with Crippen molar-refractivity contribution in [3.63, 3.8) is 0 Å². The summed E-state index contributed by atoms with van der Waals surface area (Å²) in [5, 5.41) is 0. The number of rotatable bonds is 4. The summed E-state index contributed by atoms with van der Waals surface area (Å²) in [6.45, 7) is 5.89. The Labute approximate surface area is 131 Å². The van der Waals surface area contributed by atoms with Crippen molar-refractivity contribution in [1.82, 2.24) is 4.90 Å². The van der Waals surface area contributed by atoms with Crippen molar-refractivity contribution in [2.24, 2.45) is 10.7 Å². The van der Waals surface area contributed by atoms with E-state index in [4.69, 9.17) is 10.5 Å². The highest BCUT2D eigenvalue weighted by atomic mass is 16.5. The van der Waals surface area contributed by atoms with Crippen LogP contribution in [0.25, 0.3) is 0 Å². The standard InChI is InChI=1S/C18H21N3O/c1-3-9-21-12-14-11-16(7-8-17(14)20-18(21)19)22-15-6-4-5-13(2)10-15/h4-8,10-11H,3,9,12H2,1-2H3,(H2,19,20). The zero-order valence-corrected chi connectivity index (χ0v) is 13.0.